The van der Waals surface area contributed by atoms with Gasteiger partial charge in [0.1, 0.15) is 11.5 Å². The van der Waals surface area contributed by atoms with Crippen LogP contribution >= 0.6 is 0 Å². The number of hydrogen-bond donors (Lipinski definition) is 2. The molecule has 0 spiro atoms. The largest absolute Gasteiger partial charge is 0.481 e. The van der Waals surface area contributed by atoms with Crippen molar-refractivity contribution >= 4 is 23.7 Å². The lowest BCUT2D eigenvalue weighted by atomic mass is 9.67. The number of carbonyl (C=O) groups is 4. The van der Waals surface area contributed by atoms with E-state index in [9.17, 15) is 14.4 Å². The molecule has 0 aromatic rings. The SMILES string of the molecule is C#CCC1(C(=O)OCC)CCCCC1=O.CC(=O)O.N.[C-]#[N+]/C(C#N)=C1\CCCCC1(CC#C)C(=O)OCC.[C-]#[N+]CC#N. The van der Waals surface area contributed by atoms with Crippen LogP contribution in [0.25, 0.3) is 9.69 Å². The van der Waals surface area contributed by atoms with Gasteiger partial charge in [0, 0.05) is 26.2 Å². The number of aliphatic carboxylic acids is 1. The first-order chi connectivity index (χ1) is 20.5. The van der Waals surface area contributed by atoms with Gasteiger partial charge in [0.2, 0.25) is 0 Å². The zero-order valence-corrected chi connectivity index (χ0v) is 25.7. The van der Waals surface area contributed by atoms with E-state index in [4.69, 9.17) is 55.9 Å². The molecule has 2 fully saturated rings. The average Bonchev–Trinajstić information content (AvgIpc) is 2.97. The minimum atomic E-state index is -1.04. The fraction of sp³-hybridized carbons (Fsp3) is 0.562. The number of allylic oxidation sites excluding steroid dienone is 1. The third-order valence-corrected chi connectivity index (χ3v) is 6.44. The number of nitriles is 2. The summed E-state index contributed by atoms with van der Waals surface area (Å²) >= 11 is 0. The van der Waals surface area contributed by atoms with E-state index in [1.54, 1.807) is 19.9 Å². The number of ether oxygens (including phenoxy) is 2. The lowest BCUT2D eigenvalue weighted by Crippen LogP contribution is -2.42. The van der Waals surface area contributed by atoms with Crippen molar-refractivity contribution < 1.29 is 33.8 Å². The molecule has 0 radical (unpaired) electrons. The molecule has 2 atom stereocenters. The van der Waals surface area contributed by atoms with Crippen molar-refractivity contribution in [1.29, 1.82) is 10.5 Å². The van der Waals surface area contributed by atoms with E-state index in [1.807, 2.05) is 6.07 Å². The number of terminal acetylenes is 2. The number of hydrogen-bond acceptors (Lipinski definition) is 9. The van der Waals surface area contributed by atoms with Gasteiger partial charge in [-0.1, -0.05) is 19.3 Å². The van der Waals surface area contributed by atoms with Crippen LogP contribution in [0.1, 0.15) is 85.0 Å². The Bertz CT molecular complexity index is 1230. The van der Waals surface area contributed by atoms with Gasteiger partial charge < -0.3 is 25.6 Å². The van der Waals surface area contributed by atoms with Crippen molar-refractivity contribution in [2.45, 2.75) is 85.0 Å². The smallest absolute Gasteiger partial charge is 0.320 e. The second-order valence-electron chi connectivity index (χ2n) is 9.25. The normalized spacial score (nSPS) is 20.4. The Hall–Kier alpha value is -5.14. The summed E-state index contributed by atoms with van der Waals surface area (Å²) in [4.78, 5) is 50.9. The minimum Gasteiger partial charge on any atom is -0.481 e. The van der Waals surface area contributed by atoms with Gasteiger partial charge in [-0.15, -0.1) is 24.7 Å². The summed E-state index contributed by atoms with van der Waals surface area (Å²) in [5.74, 6) is 3.20. The van der Waals surface area contributed by atoms with E-state index in [2.05, 4.69) is 21.5 Å². The Morgan fingerprint density at radius 2 is 1.39 bits per heavy atom. The average molecular weight is 608 g/mol. The Morgan fingerprint density at radius 3 is 1.75 bits per heavy atom. The molecule has 12 heteroatoms. The van der Waals surface area contributed by atoms with Gasteiger partial charge in [0.25, 0.3) is 18.2 Å². The molecular weight excluding hydrogens is 566 g/mol. The number of carboxylic acid groups (broad SMARTS) is 1. The highest BCUT2D eigenvalue weighted by molar-refractivity contribution is 6.04. The zero-order valence-electron chi connectivity index (χ0n) is 25.7. The Morgan fingerprint density at radius 1 is 0.932 bits per heavy atom. The van der Waals surface area contributed by atoms with Crippen LogP contribution in [-0.4, -0.2) is 48.6 Å². The highest BCUT2D eigenvalue weighted by Crippen LogP contribution is 2.46. The van der Waals surface area contributed by atoms with E-state index in [1.165, 1.54) is 0 Å². The Balaban J connectivity index is -0.000000596. The third-order valence-electron chi connectivity index (χ3n) is 6.44. The maximum Gasteiger partial charge on any atom is 0.320 e. The molecule has 0 heterocycles. The van der Waals surface area contributed by atoms with Crippen LogP contribution in [0.2, 0.25) is 0 Å². The molecule has 0 bridgehead atoms. The van der Waals surface area contributed by atoms with Gasteiger partial charge in [0.15, 0.2) is 5.78 Å². The summed E-state index contributed by atoms with van der Waals surface area (Å²) in [5.41, 5.74) is -1.46. The van der Waals surface area contributed by atoms with Gasteiger partial charge in [-0.25, -0.2) is 16.7 Å². The first kappa shape index (κ1) is 43.3. The first-order valence-electron chi connectivity index (χ1n) is 13.6. The molecule has 2 unspecified atom stereocenters. The van der Waals surface area contributed by atoms with Crippen molar-refractivity contribution in [3.8, 4) is 36.8 Å². The fourth-order valence-corrected chi connectivity index (χ4v) is 4.60. The van der Waals surface area contributed by atoms with E-state index < -0.39 is 28.7 Å². The summed E-state index contributed by atoms with van der Waals surface area (Å²) in [6.45, 7) is 18.2. The minimum absolute atomic E-state index is 0. The molecule has 12 nitrogen and oxygen atoms in total. The molecule has 2 rings (SSSR count). The van der Waals surface area contributed by atoms with Crippen molar-refractivity contribution in [1.82, 2.24) is 6.15 Å². The van der Waals surface area contributed by atoms with Crippen LogP contribution in [-0.2, 0) is 28.7 Å². The van der Waals surface area contributed by atoms with Crippen LogP contribution in [0.5, 0.6) is 0 Å². The number of carbonyl (C=O) groups excluding carboxylic acids is 3. The number of Topliss-reactive ketones (excluding diaryl/α,β-unsaturated/α-hetero) is 1. The molecule has 0 amide bonds. The highest BCUT2D eigenvalue weighted by Gasteiger charge is 2.47. The topological polar surface area (TPSA) is 198 Å². The molecular formula is C32H41N5O7. The van der Waals surface area contributed by atoms with Gasteiger partial charge in [0.05, 0.1) is 31.3 Å². The monoisotopic (exact) mass is 607 g/mol. The maximum absolute atomic E-state index is 12.3. The summed E-state index contributed by atoms with van der Waals surface area (Å²) in [5, 5.41) is 24.1. The fourth-order valence-electron chi connectivity index (χ4n) is 4.60. The summed E-state index contributed by atoms with van der Waals surface area (Å²) in [6, 6.07) is 3.54. The molecule has 2 aliphatic rings. The predicted octanol–water partition coefficient (Wildman–Crippen LogP) is 5.21. The summed E-state index contributed by atoms with van der Waals surface area (Å²) in [7, 11) is 0. The second-order valence-corrected chi connectivity index (χ2v) is 9.25. The number of ketones is 1. The molecule has 0 saturated heterocycles. The Kier molecular flexibility index (Phi) is 24.1. The van der Waals surface area contributed by atoms with E-state index in [-0.39, 0.29) is 43.6 Å². The second kappa shape index (κ2) is 24.5. The summed E-state index contributed by atoms with van der Waals surface area (Å²) in [6.07, 6.45) is 16.5. The van der Waals surface area contributed by atoms with Gasteiger partial charge >= 0.3 is 11.9 Å². The molecule has 2 saturated carbocycles. The van der Waals surface area contributed by atoms with Crippen molar-refractivity contribution in [2.75, 3.05) is 19.8 Å². The molecule has 44 heavy (non-hydrogen) atoms. The van der Waals surface area contributed by atoms with E-state index in [0.717, 1.165) is 32.6 Å². The molecule has 2 aliphatic carbocycles. The predicted molar refractivity (Wildman–Crippen MR) is 162 cm³/mol. The van der Waals surface area contributed by atoms with Crippen LogP contribution in [0, 0.1) is 71.3 Å². The molecule has 0 aromatic carbocycles. The maximum atomic E-state index is 12.3. The molecule has 4 N–H and O–H groups in total. The van der Waals surface area contributed by atoms with Crippen molar-refractivity contribution in [3.05, 3.63) is 34.1 Å². The van der Waals surface area contributed by atoms with E-state index in [0.29, 0.717) is 37.9 Å². The van der Waals surface area contributed by atoms with Gasteiger partial charge in [-0.3, -0.25) is 19.2 Å². The zero-order chi connectivity index (χ0) is 33.3. The molecule has 0 aliphatic heterocycles. The number of nitrogens with zero attached hydrogens (tertiary/aromatic N) is 4. The lowest BCUT2D eigenvalue weighted by molar-refractivity contribution is -0.162. The van der Waals surface area contributed by atoms with Crippen molar-refractivity contribution in [2.24, 2.45) is 10.8 Å². The number of carboxylic acids is 1. The Labute approximate surface area is 260 Å². The van der Waals surface area contributed by atoms with Crippen LogP contribution in [0.4, 0.5) is 0 Å². The number of rotatable bonds is 6. The van der Waals surface area contributed by atoms with Crippen LogP contribution in [0.15, 0.2) is 11.3 Å². The van der Waals surface area contributed by atoms with Gasteiger partial charge in [-0.2, -0.15) is 5.26 Å². The van der Waals surface area contributed by atoms with E-state index >= 15 is 0 Å². The highest BCUT2D eigenvalue weighted by atomic mass is 16.5. The number of esters is 2. The first-order valence-corrected chi connectivity index (χ1v) is 13.6. The quantitative estimate of drug-likeness (QED) is 0.101. The standard InChI is InChI=1S/C15H16N2O2.C12H16O3.C3H2N2.C2H4O2.H3N/c1-4-9-15(14(18)19-5-2)10-7-6-8-12(15)13(11-16)17-3;1-3-8-12(11(14)15-4-2)9-6-5-7-10(12)13;1-5-3-2-4;1-2(3)4;/h1H,5-10H2,2H3;1H,4-9H2,2H3;3H2;1H3,(H,3,4);1H3/b13-12+;;;;. The van der Waals surface area contributed by atoms with Crippen LogP contribution in [0.3, 0.4) is 0 Å². The lowest BCUT2D eigenvalue weighted by Gasteiger charge is -2.36. The summed E-state index contributed by atoms with van der Waals surface area (Å²) < 4.78 is 10.1. The van der Waals surface area contributed by atoms with Gasteiger partial charge in [-0.05, 0) is 45.1 Å². The van der Waals surface area contributed by atoms with Crippen molar-refractivity contribution in [3.63, 3.8) is 0 Å². The third kappa shape index (κ3) is 13.7. The molecule has 236 valence electrons. The van der Waals surface area contributed by atoms with Crippen LogP contribution < -0.4 is 6.15 Å². The molecule has 0 aromatic heterocycles.